The summed E-state index contributed by atoms with van der Waals surface area (Å²) in [6.07, 6.45) is -5.22. The third-order valence-corrected chi connectivity index (χ3v) is 6.41. The Morgan fingerprint density at radius 1 is 1.09 bits per heavy atom. The van der Waals surface area contributed by atoms with E-state index in [1.54, 1.807) is 45.0 Å². The van der Waals surface area contributed by atoms with E-state index < -0.39 is 46.5 Å². The van der Waals surface area contributed by atoms with Gasteiger partial charge in [-0.25, -0.2) is 8.78 Å². The number of hydrogen-bond acceptors (Lipinski definition) is 5. The van der Waals surface area contributed by atoms with Crippen molar-refractivity contribution in [2.45, 2.75) is 43.8 Å². The molecule has 0 radical (unpaired) electrons. The molecule has 2 unspecified atom stereocenters. The fourth-order valence-corrected chi connectivity index (χ4v) is 4.34. The molecule has 1 heterocycles. The highest BCUT2D eigenvalue weighted by atomic mass is 32.2. The maximum absolute atomic E-state index is 14.9. The molecule has 3 aromatic rings. The van der Waals surface area contributed by atoms with Gasteiger partial charge in [-0.3, -0.25) is 4.98 Å². The van der Waals surface area contributed by atoms with E-state index in [0.717, 1.165) is 11.8 Å². The molecule has 2 atom stereocenters. The third kappa shape index (κ3) is 5.16. The molecular weight excluding hydrogens is 463 g/mol. The SMILES string of the molecule is Cc1ccc2c(NC(c3cc(F)cc(O)c3F)C(O)(CSC(C)C)C(F)(F)F)cccc2n1. The van der Waals surface area contributed by atoms with Gasteiger partial charge in [0.2, 0.25) is 0 Å². The van der Waals surface area contributed by atoms with Crippen molar-refractivity contribution in [3.05, 3.63) is 65.4 Å². The van der Waals surface area contributed by atoms with Gasteiger partial charge in [0.25, 0.3) is 0 Å². The average Bonchev–Trinajstić information content (AvgIpc) is 2.72. The predicted octanol–water partition coefficient (Wildman–Crippen LogP) is 6.12. The summed E-state index contributed by atoms with van der Waals surface area (Å²) in [5, 5.41) is 23.5. The number of nitrogens with zero attached hydrogens (tertiary/aromatic N) is 1. The van der Waals surface area contributed by atoms with Crippen LogP contribution in [0.3, 0.4) is 0 Å². The van der Waals surface area contributed by atoms with Gasteiger partial charge in [0, 0.05) is 34.2 Å². The number of nitrogens with one attached hydrogen (secondary N) is 1. The van der Waals surface area contributed by atoms with Gasteiger partial charge in [-0.1, -0.05) is 19.9 Å². The van der Waals surface area contributed by atoms with E-state index in [4.69, 9.17) is 0 Å². The molecule has 0 amide bonds. The van der Waals surface area contributed by atoms with Crippen LogP contribution in [0, 0.1) is 18.6 Å². The molecule has 3 rings (SSSR count). The first-order chi connectivity index (χ1) is 15.3. The highest BCUT2D eigenvalue weighted by molar-refractivity contribution is 7.99. The molecule has 0 aliphatic carbocycles. The maximum atomic E-state index is 14.9. The number of aromatic nitrogens is 1. The molecular formula is C23H23F5N2O2S. The van der Waals surface area contributed by atoms with Gasteiger partial charge in [-0.15, -0.1) is 0 Å². The zero-order valence-electron chi connectivity index (χ0n) is 18.0. The summed E-state index contributed by atoms with van der Waals surface area (Å²) in [7, 11) is 0. The van der Waals surface area contributed by atoms with E-state index in [1.165, 1.54) is 6.07 Å². The number of fused-ring (bicyclic) bond motifs is 1. The van der Waals surface area contributed by atoms with Crippen LogP contribution in [0.5, 0.6) is 5.75 Å². The Morgan fingerprint density at radius 2 is 1.79 bits per heavy atom. The number of phenols is 1. The highest BCUT2D eigenvalue weighted by Crippen LogP contribution is 2.46. The minimum absolute atomic E-state index is 0.130. The molecule has 0 fully saturated rings. The lowest BCUT2D eigenvalue weighted by molar-refractivity contribution is -0.256. The Balaban J connectivity index is 2.24. The molecule has 1 aromatic heterocycles. The normalized spacial score (nSPS) is 15.0. The maximum Gasteiger partial charge on any atom is 0.420 e. The summed E-state index contributed by atoms with van der Waals surface area (Å²) >= 11 is 0.817. The fourth-order valence-electron chi connectivity index (χ4n) is 3.42. The number of benzene rings is 2. The topological polar surface area (TPSA) is 65.4 Å². The van der Waals surface area contributed by atoms with Crippen molar-refractivity contribution in [1.29, 1.82) is 0 Å². The number of alkyl halides is 3. The van der Waals surface area contributed by atoms with E-state index in [-0.39, 0.29) is 10.9 Å². The second-order valence-corrected chi connectivity index (χ2v) is 9.58. The van der Waals surface area contributed by atoms with Crippen LogP contribution >= 0.6 is 11.8 Å². The van der Waals surface area contributed by atoms with Crippen LogP contribution in [0.4, 0.5) is 27.6 Å². The van der Waals surface area contributed by atoms with Crippen LogP contribution in [0.25, 0.3) is 10.9 Å². The van der Waals surface area contributed by atoms with Gasteiger partial charge in [0.15, 0.2) is 17.2 Å². The zero-order chi connectivity index (χ0) is 24.6. The van der Waals surface area contributed by atoms with Crippen LogP contribution in [-0.2, 0) is 0 Å². The molecule has 0 aliphatic heterocycles. The Kier molecular flexibility index (Phi) is 7.09. The van der Waals surface area contributed by atoms with Gasteiger partial charge in [-0.2, -0.15) is 24.9 Å². The predicted molar refractivity (Wildman–Crippen MR) is 119 cm³/mol. The summed E-state index contributed by atoms with van der Waals surface area (Å²) < 4.78 is 71.8. The second kappa shape index (κ2) is 9.34. The lowest BCUT2D eigenvalue weighted by Gasteiger charge is -2.39. The molecule has 0 bridgehead atoms. The molecule has 10 heteroatoms. The standard InChI is InChI=1S/C23H23F5N2O2S/c1-12(2)33-11-22(32,23(26,27)28)21(16-9-14(24)10-19(31)20(16)25)30-18-6-4-5-17-15(18)8-7-13(3)29-17/h4-10,12,21,30-32H,11H2,1-3H3. The molecule has 0 spiro atoms. The summed E-state index contributed by atoms with van der Waals surface area (Å²) in [5.41, 5.74) is -3.09. The van der Waals surface area contributed by atoms with E-state index in [0.29, 0.717) is 28.7 Å². The minimum atomic E-state index is -5.22. The van der Waals surface area contributed by atoms with Gasteiger partial charge < -0.3 is 15.5 Å². The molecule has 2 aromatic carbocycles. The summed E-state index contributed by atoms with van der Waals surface area (Å²) in [4.78, 5) is 4.33. The zero-order valence-corrected chi connectivity index (χ0v) is 18.9. The molecule has 0 saturated carbocycles. The fraction of sp³-hybridized carbons (Fsp3) is 0.348. The molecule has 3 N–H and O–H groups in total. The number of aryl methyl sites for hydroxylation is 1. The van der Waals surface area contributed by atoms with Gasteiger partial charge in [-0.05, 0) is 42.5 Å². The number of pyridine rings is 1. The Labute approximate surface area is 191 Å². The van der Waals surface area contributed by atoms with E-state index >= 15 is 0 Å². The quantitative estimate of drug-likeness (QED) is 0.352. The van der Waals surface area contributed by atoms with E-state index in [9.17, 15) is 32.2 Å². The number of halogens is 5. The van der Waals surface area contributed by atoms with Crippen LogP contribution in [0.1, 0.15) is 31.1 Å². The Bertz CT molecular complexity index is 1160. The largest absolute Gasteiger partial charge is 0.505 e. The lowest BCUT2D eigenvalue weighted by Crippen LogP contribution is -2.55. The third-order valence-electron chi connectivity index (χ3n) is 5.13. The highest BCUT2D eigenvalue weighted by Gasteiger charge is 2.60. The number of anilines is 1. The van der Waals surface area contributed by atoms with Crippen LogP contribution in [0.15, 0.2) is 42.5 Å². The van der Waals surface area contributed by atoms with E-state index in [2.05, 4.69) is 10.3 Å². The van der Waals surface area contributed by atoms with E-state index in [1.807, 2.05) is 0 Å². The molecule has 0 saturated heterocycles. The van der Waals surface area contributed by atoms with Crippen molar-refractivity contribution >= 4 is 28.4 Å². The van der Waals surface area contributed by atoms with Crippen LogP contribution < -0.4 is 5.32 Å². The van der Waals surface area contributed by atoms with Crippen molar-refractivity contribution < 1.29 is 32.2 Å². The van der Waals surface area contributed by atoms with Crippen molar-refractivity contribution in [2.75, 3.05) is 11.1 Å². The number of aromatic hydroxyl groups is 1. The number of thioether (sulfide) groups is 1. The summed E-state index contributed by atoms with van der Waals surface area (Å²) in [6, 6.07) is 6.75. The Hall–Kier alpha value is -2.59. The number of phenolic OH excluding ortho intramolecular Hbond substituents is 1. The number of rotatable bonds is 7. The molecule has 4 nitrogen and oxygen atoms in total. The summed E-state index contributed by atoms with van der Waals surface area (Å²) in [5.74, 6) is -4.62. The molecule has 33 heavy (non-hydrogen) atoms. The monoisotopic (exact) mass is 486 g/mol. The number of hydrogen-bond donors (Lipinski definition) is 3. The molecule has 0 aliphatic rings. The Morgan fingerprint density at radius 3 is 2.42 bits per heavy atom. The van der Waals surface area contributed by atoms with Crippen molar-refractivity contribution in [1.82, 2.24) is 4.98 Å². The van der Waals surface area contributed by atoms with Gasteiger partial charge in [0.1, 0.15) is 5.82 Å². The first-order valence-corrected chi connectivity index (χ1v) is 11.1. The average molecular weight is 487 g/mol. The first kappa shape index (κ1) is 25.0. The smallest absolute Gasteiger partial charge is 0.420 e. The van der Waals surface area contributed by atoms with Gasteiger partial charge in [0.05, 0.1) is 11.6 Å². The molecule has 178 valence electrons. The van der Waals surface area contributed by atoms with Crippen molar-refractivity contribution in [3.63, 3.8) is 0 Å². The second-order valence-electron chi connectivity index (χ2n) is 8.01. The minimum Gasteiger partial charge on any atom is -0.505 e. The van der Waals surface area contributed by atoms with Crippen molar-refractivity contribution in [2.24, 2.45) is 0 Å². The summed E-state index contributed by atoms with van der Waals surface area (Å²) in [6.45, 7) is 5.05. The lowest BCUT2D eigenvalue weighted by atomic mass is 9.88. The van der Waals surface area contributed by atoms with Crippen molar-refractivity contribution in [3.8, 4) is 5.75 Å². The number of aliphatic hydroxyl groups is 1. The van der Waals surface area contributed by atoms with Crippen LogP contribution in [-0.4, -0.2) is 38.0 Å². The first-order valence-electron chi connectivity index (χ1n) is 10.0. The van der Waals surface area contributed by atoms with Crippen LogP contribution in [0.2, 0.25) is 0 Å². The van der Waals surface area contributed by atoms with Gasteiger partial charge >= 0.3 is 6.18 Å².